The lowest BCUT2D eigenvalue weighted by Crippen LogP contribution is -2.76. The van der Waals surface area contributed by atoms with Crippen LogP contribution in [0.5, 0.6) is 0 Å². The molecule has 7 heteroatoms. The maximum atomic E-state index is 17.1. The van der Waals surface area contributed by atoms with E-state index in [0.717, 1.165) is 54.9 Å². The minimum absolute atomic E-state index is 0.586. The number of alkyl halides is 1. The van der Waals surface area contributed by atoms with E-state index in [-0.39, 0.29) is 0 Å². The predicted octanol–water partition coefficient (Wildman–Crippen LogP) is 10.0. The molecule has 0 fully saturated rings. The highest BCUT2D eigenvalue weighted by Crippen LogP contribution is 2.43. The van der Waals surface area contributed by atoms with Gasteiger partial charge >= 0.3 is 0 Å². The van der Waals surface area contributed by atoms with Gasteiger partial charge in [0.2, 0.25) is 0 Å². The van der Waals surface area contributed by atoms with Gasteiger partial charge in [0, 0.05) is 55.6 Å². The van der Waals surface area contributed by atoms with E-state index >= 15 is 4.39 Å². The van der Waals surface area contributed by atoms with Crippen molar-refractivity contribution in [2.45, 2.75) is 16.0 Å². The summed E-state index contributed by atoms with van der Waals surface area (Å²) in [6, 6.07) is 62.2. The molecule has 0 spiro atoms. The molecule has 0 bridgehead atoms. The van der Waals surface area contributed by atoms with Crippen molar-refractivity contribution in [2.24, 2.45) is 0 Å². The number of fused-ring (bicyclic) bond motifs is 12. The van der Waals surface area contributed by atoms with Gasteiger partial charge in [-0.05, 0) is 79.7 Å². The van der Waals surface area contributed by atoms with Crippen LogP contribution < -0.4 is 20.7 Å². The van der Waals surface area contributed by atoms with E-state index < -0.39 is 14.2 Å². The molecule has 0 amide bonds. The topological polar surface area (TPSA) is 35.1 Å². The summed E-state index contributed by atoms with van der Waals surface area (Å²) in [7, 11) is -2.82. The number of aromatic nitrogens is 4. The van der Waals surface area contributed by atoms with Crippen LogP contribution in [0, 0.1) is 0 Å². The highest BCUT2D eigenvalue weighted by atomic mass is 32.2. The van der Waals surface area contributed by atoms with Crippen molar-refractivity contribution in [3.63, 3.8) is 0 Å². The Bertz CT molecular complexity index is 3370. The quantitative estimate of drug-likeness (QED) is 0.129. The van der Waals surface area contributed by atoms with Gasteiger partial charge in [0.1, 0.15) is 11.3 Å². The Morgan fingerprint density at radius 2 is 1.22 bits per heavy atom. The van der Waals surface area contributed by atoms with Crippen LogP contribution in [0.25, 0.3) is 54.9 Å². The number of halogens is 1. The Hall–Kier alpha value is -6.80. The Morgan fingerprint density at radius 1 is 0.517 bits per heavy atom. The van der Waals surface area contributed by atoms with Crippen LogP contribution in [0.2, 0.25) is 0 Å². The number of benzene rings is 7. The van der Waals surface area contributed by atoms with E-state index in [4.69, 9.17) is 9.97 Å². The first-order valence-electron chi connectivity index (χ1n) is 19.5. The monoisotopic (exact) mass is 780 g/mol. The van der Waals surface area contributed by atoms with Crippen LogP contribution in [-0.4, -0.2) is 27.0 Å². The summed E-state index contributed by atoms with van der Waals surface area (Å²) in [5.41, 5.74) is 5.91. The number of rotatable bonds is 5. The van der Waals surface area contributed by atoms with Gasteiger partial charge in [0.25, 0.3) is 0 Å². The zero-order chi connectivity index (χ0) is 38.4. The fourth-order valence-corrected chi connectivity index (χ4v) is 16.7. The van der Waals surface area contributed by atoms with Crippen molar-refractivity contribution in [2.75, 3.05) is 0 Å². The first kappa shape index (κ1) is 33.3. The van der Waals surface area contributed by atoms with Crippen LogP contribution in [0.1, 0.15) is 17.3 Å². The van der Waals surface area contributed by atoms with Crippen LogP contribution in [-0.2, 0) is 0 Å². The Labute approximate surface area is 338 Å². The Kier molecular flexibility index (Phi) is 7.39. The van der Waals surface area contributed by atoms with Crippen LogP contribution in [0.4, 0.5) is 4.39 Å². The van der Waals surface area contributed by atoms with Crippen molar-refractivity contribution in [1.82, 2.24) is 18.9 Å². The molecular weight excluding hydrogens is 748 g/mol. The van der Waals surface area contributed by atoms with Crippen molar-refractivity contribution in [1.29, 1.82) is 0 Å². The SMILES string of the molecule is FC(c1cccc(-n2c3ncccc3c3ccc4c(c32)Sc2ccccc2[Si]4(c2ccccc2)c2ccccc2)c1)c1ccc2c3ccccc3n3ccnc3c2c1. The predicted molar refractivity (Wildman–Crippen MR) is 239 cm³/mol. The summed E-state index contributed by atoms with van der Waals surface area (Å²) in [5.74, 6) is 0. The summed E-state index contributed by atoms with van der Waals surface area (Å²) in [6.07, 6.45) is 4.28. The molecule has 274 valence electrons. The Balaban J connectivity index is 1.09. The number of para-hydroxylation sites is 1. The van der Waals surface area contributed by atoms with E-state index in [1.165, 1.54) is 30.5 Å². The second kappa shape index (κ2) is 12.9. The molecule has 7 aromatic carbocycles. The maximum absolute atomic E-state index is 17.1. The van der Waals surface area contributed by atoms with Crippen LogP contribution in [0.3, 0.4) is 0 Å². The lowest BCUT2D eigenvalue weighted by molar-refractivity contribution is 0.402. The third-order valence-corrected chi connectivity index (χ3v) is 18.5. The third-order valence-electron chi connectivity index (χ3n) is 12.1. The molecule has 11 aromatic rings. The summed E-state index contributed by atoms with van der Waals surface area (Å²) >= 11 is 1.84. The smallest absolute Gasteiger partial charge is 0.181 e. The van der Waals surface area contributed by atoms with Crippen molar-refractivity contribution in [3.05, 3.63) is 206 Å². The molecule has 0 N–H and O–H groups in total. The summed E-state index contributed by atoms with van der Waals surface area (Å²) in [6.45, 7) is 0. The van der Waals surface area contributed by atoms with E-state index in [1.54, 1.807) is 0 Å². The zero-order valence-electron chi connectivity index (χ0n) is 31.1. The number of pyridine rings is 2. The van der Waals surface area contributed by atoms with Gasteiger partial charge in [-0.1, -0.05) is 145 Å². The summed E-state index contributed by atoms with van der Waals surface area (Å²) in [5, 5.41) is 10.7. The largest absolute Gasteiger partial charge is 0.299 e. The molecule has 4 aromatic heterocycles. The maximum Gasteiger partial charge on any atom is 0.181 e. The average molecular weight is 781 g/mol. The lowest BCUT2D eigenvalue weighted by atomic mass is 9.98. The molecule has 4 nitrogen and oxygen atoms in total. The van der Waals surface area contributed by atoms with E-state index in [1.807, 2.05) is 84.9 Å². The summed E-state index contributed by atoms with van der Waals surface area (Å²) < 4.78 is 21.5. The first-order chi connectivity index (χ1) is 28.7. The molecule has 1 aliphatic heterocycles. The van der Waals surface area contributed by atoms with Gasteiger partial charge in [-0.3, -0.25) is 8.97 Å². The second-order valence-corrected chi connectivity index (χ2v) is 19.8. The number of imidazole rings is 1. The van der Waals surface area contributed by atoms with Gasteiger partial charge in [-0.2, -0.15) is 0 Å². The normalized spacial score (nSPS) is 13.9. The highest BCUT2D eigenvalue weighted by molar-refractivity contribution is 8.00. The molecule has 1 aliphatic rings. The fourth-order valence-electron chi connectivity index (χ4n) is 9.60. The number of nitrogens with zero attached hydrogens (tertiary/aromatic N) is 4. The van der Waals surface area contributed by atoms with Crippen molar-refractivity contribution in [3.8, 4) is 5.69 Å². The minimum atomic E-state index is -2.82. The fraction of sp³-hybridized carbons (Fsp3) is 0.0196. The third kappa shape index (κ3) is 4.68. The summed E-state index contributed by atoms with van der Waals surface area (Å²) in [4.78, 5) is 12.2. The number of hydrogen-bond acceptors (Lipinski definition) is 3. The van der Waals surface area contributed by atoms with Crippen LogP contribution >= 0.6 is 11.8 Å². The lowest BCUT2D eigenvalue weighted by Gasteiger charge is -2.40. The van der Waals surface area contributed by atoms with E-state index in [9.17, 15) is 0 Å². The average Bonchev–Trinajstić information content (AvgIpc) is 3.93. The molecule has 12 rings (SSSR count). The molecule has 1 atom stereocenters. The molecule has 0 saturated carbocycles. The first-order valence-corrected chi connectivity index (χ1v) is 22.3. The van der Waals surface area contributed by atoms with Gasteiger partial charge in [-0.25, -0.2) is 14.4 Å². The molecule has 0 aliphatic carbocycles. The van der Waals surface area contributed by atoms with Crippen molar-refractivity contribution < 1.29 is 4.39 Å². The number of hydrogen-bond donors (Lipinski definition) is 0. The highest BCUT2D eigenvalue weighted by Gasteiger charge is 2.47. The van der Waals surface area contributed by atoms with Gasteiger partial charge in [0.15, 0.2) is 14.2 Å². The Morgan fingerprint density at radius 3 is 2.07 bits per heavy atom. The molecule has 5 heterocycles. The van der Waals surface area contributed by atoms with E-state index in [0.29, 0.717) is 11.1 Å². The van der Waals surface area contributed by atoms with Crippen LogP contribution in [0.15, 0.2) is 204 Å². The minimum Gasteiger partial charge on any atom is -0.299 e. The molecule has 0 saturated heterocycles. The molecule has 1 unspecified atom stereocenters. The van der Waals surface area contributed by atoms with E-state index in [2.05, 4.69) is 130 Å². The second-order valence-electron chi connectivity index (χ2n) is 15.0. The van der Waals surface area contributed by atoms with Gasteiger partial charge < -0.3 is 0 Å². The standard InChI is InChI=1S/C51H33FN4SSi/c52-47(34-24-25-38-39-19-7-8-21-43(39)55-30-29-54-50(55)42(38)32-34)33-13-11-14-35(31-33)56-48-40(41-20-12-28-53-51(41)56)26-27-46-49(48)57-44-22-9-10-23-45(44)58(46,36-15-3-1-4-16-36)37-17-5-2-6-18-37/h1-32,47H. The van der Waals surface area contributed by atoms with Gasteiger partial charge in [0.05, 0.1) is 11.0 Å². The van der Waals surface area contributed by atoms with Crippen molar-refractivity contribution >= 4 is 89.8 Å². The zero-order valence-corrected chi connectivity index (χ0v) is 32.9. The van der Waals surface area contributed by atoms with Gasteiger partial charge in [-0.15, -0.1) is 0 Å². The molecular formula is C51H33FN4SSi. The molecule has 0 radical (unpaired) electrons. The molecule has 58 heavy (non-hydrogen) atoms.